The van der Waals surface area contributed by atoms with Crippen molar-refractivity contribution < 1.29 is 14.3 Å². The molecule has 2 aliphatic rings. The highest BCUT2D eigenvalue weighted by atomic mass is 16.5. The average Bonchev–Trinajstić information content (AvgIpc) is 3.25. The van der Waals surface area contributed by atoms with Gasteiger partial charge in [0.1, 0.15) is 5.75 Å². The molecule has 1 heterocycles. The molecule has 1 aromatic rings. The number of ether oxygens (including phenoxy) is 2. The summed E-state index contributed by atoms with van der Waals surface area (Å²) < 4.78 is 11.3. The molecule has 1 aromatic carbocycles. The zero-order valence-electron chi connectivity index (χ0n) is 17.5. The van der Waals surface area contributed by atoms with Crippen molar-refractivity contribution in [2.75, 3.05) is 47.4 Å². The fraction of sp³-hybridized carbons (Fsp3) is 0.682. The maximum Gasteiger partial charge on any atom is 0.233 e. The van der Waals surface area contributed by atoms with Crippen molar-refractivity contribution in [2.24, 2.45) is 5.41 Å². The standard InChI is InChI=1S/C22H34N2O3/c1-21(2)16-22(21,17-6-8-18(26-5)9-7-17)20(25)24-12-10-19(11-13-24)27-15-14-23(3)4/h6-9,19H,10-16H2,1-5H3/t22-/m0/s1. The lowest BCUT2D eigenvalue weighted by Crippen LogP contribution is -2.47. The molecule has 5 heteroatoms. The van der Waals surface area contributed by atoms with Crippen molar-refractivity contribution in [2.45, 2.75) is 44.6 Å². The van der Waals surface area contributed by atoms with E-state index in [0.29, 0.717) is 0 Å². The summed E-state index contributed by atoms with van der Waals surface area (Å²) in [6.07, 6.45) is 3.04. The topological polar surface area (TPSA) is 42.0 Å². The van der Waals surface area contributed by atoms with Gasteiger partial charge in [0.25, 0.3) is 0 Å². The van der Waals surface area contributed by atoms with Crippen LogP contribution >= 0.6 is 0 Å². The van der Waals surface area contributed by atoms with E-state index in [1.54, 1.807) is 7.11 Å². The number of nitrogens with zero attached hydrogens (tertiary/aromatic N) is 2. The number of likely N-dealkylation sites (N-methyl/N-ethyl adjacent to an activating group) is 1. The predicted molar refractivity (Wildman–Crippen MR) is 107 cm³/mol. The van der Waals surface area contributed by atoms with Gasteiger partial charge in [0.2, 0.25) is 5.91 Å². The van der Waals surface area contributed by atoms with E-state index in [-0.39, 0.29) is 17.4 Å². The van der Waals surface area contributed by atoms with Crippen LogP contribution in [0.2, 0.25) is 0 Å². The molecular formula is C22H34N2O3. The summed E-state index contributed by atoms with van der Waals surface area (Å²) in [5, 5.41) is 0. The van der Waals surface area contributed by atoms with E-state index in [0.717, 1.165) is 56.8 Å². The molecule has 150 valence electrons. The fourth-order valence-electron chi connectivity index (χ4n) is 4.37. The first-order valence-electron chi connectivity index (χ1n) is 10.0. The molecule has 0 unspecified atom stereocenters. The number of amides is 1. The maximum atomic E-state index is 13.5. The molecular weight excluding hydrogens is 340 g/mol. The first kappa shape index (κ1) is 20.2. The molecule has 0 spiro atoms. The van der Waals surface area contributed by atoms with Crippen LogP contribution in [0.5, 0.6) is 5.75 Å². The van der Waals surface area contributed by atoms with E-state index in [2.05, 4.69) is 49.9 Å². The molecule has 1 amide bonds. The second-order valence-corrected chi connectivity index (χ2v) is 8.86. The van der Waals surface area contributed by atoms with Crippen molar-refractivity contribution in [3.8, 4) is 5.75 Å². The van der Waals surface area contributed by atoms with Crippen molar-refractivity contribution >= 4 is 5.91 Å². The largest absolute Gasteiger partial charge is 0.497 e. The number of likely N-dealkylation sites (tertiary alicyclic amines) is 1. The molecule has 1 atom stereocenters. The molecule has 5 nitrogen and oxygen atoms in total. The number of carbonyl (C=O) groups excluding carboxylic acids is 1. The monoisotopic (exact) mass is 374 g/mol. The molecule has 3 rings (SSSR count). The Balaban J connectivity index is 1.63. The van der Waals surface area contributed by atoms with Crippen LogP contribution in [0.3, 0.4) is 0 Å². The SMILES string of the molecule is COc1ccc([C@]2(C(=O)N3CCC(OCCN(C)C)CC3)CC2(C)C)cc1. The van der Waals surface area contributed by atoms with E-state index in [1.807, 2.05) is 12.1 Å². The van der Waals surface area contributed by atoms with Gasteiger partial charge in [-0.2, -0.15) is 0 Å². The molecule has 0 radical (unpaired) electrons. The molecule has 0 N–H and O–H groups in total. The van der Waals surface area contributed by atoms with Crippen molar-refractivity contribution in [3.63, 3.8) is 0 Å². The van der Waals surface area contributed by atoms with Crippen LogP contribution in [0.25, 0.3) is 0 Å². The number of methoxy groups -OCH3 is 1. The van der Waals surface area contributed by atoms with Crippen molar-refractivity contribution in [1.82, 2.24) is 9.80 Å². The number of rotatable bonds is 7. The Labute approximate surface area is 163 Å². The van der Waals surface area contributed by atoms with Crippen LogP contribution in [-0.2, 0) is 14.9 Å². The summed E-state index contributed by atoms with van der Waals surface area (Å²) in [6, 6.07) is 8.04. The van der Waals surface area contributed by atoms with Crippen LogP contribution in [0.4, 0.5) is 0 Å². The van der Waals surface area contributed by atoms with Crippen LogP contribution in [0.15, 0.2) is 24.3 Å². The van der Waals surface area contributed by atoms with E-state index >= 15 is 0 Å². The number of hydrogen-bond acceptors (Lipinski definition) is 4. The summed E-state index contributed by atoms with van der Waals surface area (Å²) in [5.74, 6) is 1.11. The first-order valence-corrected chi connectivity index (χ1v) is 10.0. The number of piperidine rings is 1. The lowest BCUT2D eigenvalue weighted by molar-refractivity contribution is -0.137. The lowest BCUT2D eigenvalue weighted by atomic mass is 9.86. The van der Waals surface area contributed by atoms with Gasteiger partial charge in [-0.15, -0.1) is 0 Å². The summed E-state index contributed by atoms with van der Waals surface area (Å²) >= 11 is 0. The lowest BCUT2D eigenvalue weighted by Gasteiger charge is -2.35. The number of carbonyl (C=O) groups is 1. The number of benzene rings is 1. The number of hydrogen-bond donors (Lipinski definition) is 0. The zero-order valence-corrected chi connectivity index (χ0v) is 17.5. The third kappa shape index (κ3) is 3.99. The van der Waals surface area contributed by atoms with Gasteiger partial charge in [0, 0.05) is 19.6 Å². The highest BCUT2D eigenvalue weighted by Gasteiger charge is 2.68. The molecule has 1 aliphatic carbocycles. The fourth-order valence-corrected chi connectivity index (χ4v) is 4.37. The molecule has 1 saturated carbocycles. The van der Waals surface area contributed by atoms with Crippen LogP contribution in [-0.4, -0.2) is 69.3 Å². The zero-order chi connectivity index (χ0) is 19.7. The Hall–Kier alpha value is -1.59. The summed E-state index contributed by atoms with van der Waals surface area (Å²) in [6.45, 7) is 7.68. The quantitative estimate of drug-likeness (QED) is 0.736. The molecule has 0 bridgehead atoms. The second-order valence-electron chi connectivity index (χ2n) is 8.86. The smallest absolute Gasteiger partial charge is 0.233 e. The third-order valence-corrected chi connectivity index (χ3v) is 6.31. The van der Waals surface area contributed by atoms with E-state index in [4.69, 9.17) is 9.47 Å². The Bertz CT molecular complexity index is 648. The van der Waals surface area contributed by atoms with E-state index in [9.17, 15) is 4.79 Å². The summed E-state index contributed by atoms with van der Waals surface area (Å²) in [7, 11) is 5.78. The molecule has 27 heavy (non-hydrogen) atoms. The minimum Gasteiger partial charge on any atom is -0.497 e. The van der Waals surface area contributed by atoms with Gasteiger partial charge in [-0.25, -0.2) is 0 Å². The van der Waals surface area contributed by atoms with Gasteiger partial charge < -0.3 is 19.3 Å². The van der Waals surface area contributed by atoms with Crippen molar-refractivity contribution in [1.29, 1.82) is 0 Å². The van der Waals surface area contributed by atoms with E-state index in [1.165, 1.54) is 0 Å². The first-order chi connectivity index (χ1) is 12.8. The highest BCUT2D eigenvalue weighted by molar-refractivity contribution is 5.93. The van der Waals surface area contributed by atoms with Gasteiger partial charge in [-0.1, -0.05) is 26.0 Å². The Morgan fingerprint density at radius 3 is 2.26 bits per heavy atom. The van der Waals surface area contributed by atoms with Gasteiger partial charge in [-0.05, 0) is 56.5 Å². The average molecular weight is 375 g/mol. The minimum absolute atomic E-state index is 0.00225. The van der Waals surface area contributed by atoms with Crippen molar-refractivity contribution in [3.05, 3.63) is 29.8 Å². The van der Waals surface area contributed by atoms with E-state index < -0.39 is 5.41 Å². The maximum absolute atomic E-state index is 13.5. The Morgan fingerprint density at radius 1 is 1.19 bits per heavy atom. The van der Waals surface area contributed by atoms with Gasteiger partial charge in [0.05, 0.1) is 25.2 Å². The van der Waals surface area contributed by atoms with Crippen LogP contribution < -0.4 is 4.74 Å². The van der Waals surface area contributed by atoms with Crippen LogP contribution in [0, 0.1) is 5.41 Å². The molecule has 2 fully saturated rings. The van der Waals surface area contributed by atoms with Gasteiger partial charge in [-0.3, -0.25) is 4.79 Å². The molecule has 1 saturated heterocycles. The van der Waals surface area contributed by atoms with Gasteiger partial charge >= 0.3 is 0 Å². The molecule has 0 aromatic heterocycles. The third-order valence-electron chi connectivity index (χ3n) is 6.31. The summed E-state index contributed by atoms with van der Waals surface area (Å²) in [5.41, 5.74) is 0.720. The van der Waals surface area contributed by atoms with Gasteiger partial charge in [0.15, 0.2) is 0 Å². The normalized spacial score (nSPS) is 24.9. The molecule has 1 aliphatic heterocycles. The Morgan fingerprint density at radius 2 is 1.78 bits per heavy atom. The summed E-state index contributed by atoms with van der Waals surface area (Å²) in [4.78, 5) is 17.7. The predicted octanol–water partition coefficient (Wildman–Crippen LogP) is 2.93. The minimum atomic E-state index is -0.391. The Kier molecular flexibility index (Phi) is 5.82. The van der Waals surface area contributed by atoms with Crippen LogP contribution in [0.1, 0.15) is 38.7 Å². The highest BCUT2D eigenvalue weighted by Crippen LogP contribution is 2.65. The second kappa shape index (κ2) is 7.80.